The van der Waals surface area contributed by atoms with E-state index in [9.17, 15) is 9.59 Å². The number of ether oxygens (including phenoxy) is 4. The first-order valence-electron chi connectivity index (χ1n) is 7.48. The molecule has 1 atom stereocenters. The molecule has 122 valence electrons. The van der Waals surface area contributed by atoms with Crippen LogP contribution in [0, 0.1) is 0 Å². The minimum Gasteiger partial charge on any atom is -0.454 e. The number of hydrogen-bond donors (Lipinski definition) is 0. The highest BCUT2D eigenvalue weighted by atomic mass is 16.7. The summed E-state index contributed by atoms with van der Waals surface area (Å²) in [5.41, 5.74) is -0.133. The lowest BCUT2D eigenvalue weighted by atomic mass is 9.90. The van der Waals surface area contributed by atoms with Crippen LogP contribution in [-0.4, -0.2) is 24.3 Å². The van der Waals surface area contributed by atoms with Gasteiger partial charge in [0.05, 0.1) is 5.56 Å². The smallest absolute Gasteiger partial charge is 0.356 e. The molecule has 24 heavy (non-hydrogen) atoms. The number of benzene rings is 2. The van der Waals surface area contributed by atoms with Gasteiger partial charge >= 0.3 is 11.9 Å². The number of cyclic esters (lactones) is 1. The van der Waals surface area contributed by atoms with Gasteiger partial charge in [0.15, 0.2) is 11.5 Å². The maximum atomic E-state index is 12.6. The molecule has 2 aliphatic heterocycles. The number of carbonyl (C=O) groups excluding carboxylic acids is 2. The summed E-state index contributed by atoms with van der Waals surface area (Å²) in [6, 6.07) is 11.9. The lowest BCUT2D eigenvalue weighted by molar-refractivity contribution is -0.155. The Bertz CT molecular complexity index is 843. The van der Waals surface area contributed by atoms with E-state index in [2.05, 4.69) is 0 Å². The van der Waals surface area contributed by atoms with Crippen molar-refractivity contribution in [2.24, 2.45) is 0 Å². The second-order valence-corrected chi connectivity index (χ2v) is 5.86. The standard InChI is InChI=1S/C18H14O6/c1-18(9-11-4-2-3-5-13(11)16(19)24-18)17(20)23-12-6-7-14-15(8-12)22-10-21-14/h2-8H,9-10H2,1H3/t18-/m1/s1. The normalized spacial score (nSPS) is 21.0. The van der Waals surface area contributed by atoms with Crippen LogP contribution < -0.4 is 14.2 Å². The molecule has 0 saturated carbocycles. The molecule has 0 spiro atoms. The van der Waals surface area contributed by atoms with Crippen LogP contribution in [0.15, 0.2) is 42.5 Å². The zero-order valence-corrected chi connectivity index (χ0v) is 12.9. The van der Waals surface area contributed by atoms with Crippen molar-refractivity contribution in [2.75, 3.05) is 6.79 Å². The first kappa shape index (κ1) is 14.6. The van der Waals surface area contributed by atoms with E-state index in [-0.39, 0.29) is 13.2 Å². The third kappa shape index (κ3) is 2.36. The van der Waals surface area contributed by atoms with Crippen molar-refractivity contribution >= 4 is 11.9 Å². The van der Waals surface area contributed by atoms with Crippen molar-refractivity contribution in [3.63, 3.8) is 0 Å². The Kier molecular flexibility index (Phi) is 3.19. The summed E-state index contributed by atoms with van der Waals surface area (Å²) < 4.78 is 21.2. The van der Waals surface area contributed by atoms with Gasteiger partial charge in [0.2, 0.25) is 12.4 Å². The van der Waals surface area contributed by atoms with Gasteiger partial charge < -0.3 is 18.9 Å². The zero-order chi connectivity index (χ0) is 16.7. The Balaban J connectivity index is 1.57. The van der Waals surface area contributed by atoms with Crippen LogP contribution in [0.2, 0.25) is 0 Å². The minimum absolute atomic E-state index is 0.138. The molecule has 6 nitrogen and oxygen atoms in total. The molecule has 0 aromatic heterocycles. The van der Waals surface area contributed by atoms with Crippen LogP contribution in [0.4, 0.5) is 0 Å². The number of hydrogen-bond acceptors (Lipinski definition) is 6. The summed E-state index contributed by atoms with van der Waals surface area (Å²) in [5.74, 6) is 0.252. The van der Waals surface area contributed by atoms with Crippen molar-refractivity contribution < 1.29 is 28.5 Å². The molecule has 2 aromatic rings. The maximum absolute atomic E-state index is 12.6. The van der Waals surface area contributed by atoms with Crippen molar-refractivity contribution in [1.82, 2.24) is 0 Å². The van der Waals surface area contributed by atoms with Crippen LogP contribution in [-0.2, 0) is 16.0 Å². The van der Waals surface area contributed by atoms with Gasteiger partial charge in [0, 0.05) is 12.5 Å². The Morgan fingerprint density at radius 2 is 1.92 bits per heavy atom. The Morgan fingerprint density at radius 3 is 2.79 bits per heavy atom. The summed E-state index contributed by atoms with van der Waals surface area (Å²) in [5, 5.41) is 0. The highest BCUT2D eigenvalue weighted by Gasteiger charge is 2.44. The van der Waals surface area contributed by atoms with E-state index >= 15 is 0 Å². The molecule has 2 heterocycles. The second kappa shape index (κ2) is 5.26. The highest BCUT2D eigenvalue weighted by Crippen LogP contribution is 2.36. The van der Waals surface area contributed by atoms with Gasteiger partial charge in [-0.2, -0.15) is 0 Å². The van der Waals surface area contributed by atoms with Gasteiger partial charge in [0.1, 0.15) is 5.75 Å². The molecule has 2 aliphatic rings. The van der Waals surface area contributed by atoms with Gasteiger partial charge in [-0.1, -0.05) is 18.2 Å². The number of rotatable bonds is 2. The lowest BCUT2D eigenvalue weighted by Gasteiger charge is -2.32. The SMILES string of the molecule is C[C@]1(C(=O)Oc2ccc3c(c2)OCO3)Cc2ccccc2C(=O)O1. The first-order chi connectivity index (χ1) is 11.5. The average molecular weight is 326 g/mol. The molecule has 0 amide bonds. The molecular weight excluding hydrogens is 312 g/mol. The number of carbonyl (C=O) groups is 2. The number of fused-ring (bicyclic) bond motifs is 2. The van der Waals surface area contributed by atoms with Gasteiger partial charge in [-0.05, 0) is 30.7 Å². The molecule has 6 heteroatoms. The van der Waals surface area contributed by atoms with Gasteiger partial charge in [0.25, 0.3) is 0 Å². The average Bonchev–Trinajstić information content (AvgIpc) is 3.02. The van der Waals surface area contributed by atoms with E-state index in [1.54, 1.807) is 37.3 Å². The van der Waals surface area contributed by atoms with Crippen LogP contribution in [0.25, 0.3) is 0 Å². The Labute approximate surface area is 137 Å². The van der Waals surface area contributed by atoms with Crippen molar-refractivity contribution in [3.05, 3.63) is 53.6 Å². The first-order valence-corrected chi connectivity index (χ1v) is 7.48. The molecule has 4 rings (SSSR count). The van der Waals surface area contributed by atoms with Gasteiger partial charge in [-0.25, -0.2) is 9.59 Å². The molecular formula is C18H14O6. The highest BCUT2D eigenvalue weighted by molar-refractivity contribution is 5.96. The summed E-state index contributed by atoms with van der Waals surface area (Å²) in [6.07, 6.45) is 0.262. The third-order valence-corrected chi connectivity index (χ3v) is 4.07. The zero-order valence-electron chi connectivity index (χ0n) is 12.9. The van der Waals surface area contributed by atoms with Gasteiger partial charge in [-0.3, -0.25) is 0 Å². The second-order valence-electron chi connectivity index (χ2n) is 5.86. The van der Waals surface area contributed by atoms with Crippen LogP contribution in [0.3, 0.4) is 0 Å². The topological polar surface area (TPSA) is 71.1 Å². The van der Waals surface area contributed by atoms with E-state index in [0.717, 1.165) is 5.56 Å². The molecule has 2 aromatic carbocycles. The molecule has 0 N–H and O–H groups in total. The van der Waals surface area contributed by atoms with E-state index in [1.165, 1.54) is 0 Å². The van der Waals surface area contributed by atoms with Crippen molar-refractivity contribution in [3.8, 4) is 17.2 Å². The summed E-state index contributed by atoms with van der Waals surface area (Å²) in [7, 11) is 0. The summed E-state index contributed by atoms with van der Waals surface area (Å²) in [6.45, 7) is 1.69. The summed E-state index contributed by atoms with van der Waals surface area (Å²) >= 11 is 0. The predicted octanol–water partition coefficient (Wildman–Crippen LogP) is 2.49. The van der Waals surface area contributed by atoms with Crippen LogP contribution in [0.1, 0.15) is 22.8 Å². The predicted molar refractivity (Wildman–Crippen MR) is 82.2 cm³/mol. The quantitative estimate of drug-likeness (QED) is 0.624. The largest absolute Gasteiger partial charge is 0.454 e. The van der Waals surface area contributed by atoms with Crippen molar-refractivity contribution in [1.29, 1.82) is 0 Å². The van der Waals surface area contributed by atoms with E-state index in [0.29, 0.717) is 22.8 Å². The van der Waals surface area contributed by atoms with E-state index in [1.807, 2.05) is 12.1 Å². The minimum atomic E-state index is -1.37. The van der Waals surface area contributed by atoms with E-state index in [4.69, 9.17) is 18.9 Å². The molecule has 0 fully saturated rings. The lowest BCUT2D eigenvalue weighted by Crippen LogP contribution is -2.48. The molecule has 0 radical (unpaired) electrons. The van der Waals surface area contributed by atoms with E-state index < -0.39 is 17.5 Å². The number of esters is 2. The Morgan fingerprint density at radius 1 is 1.12 bits per heavy atom. The molecule has 0 aliphatic carbocycles. The molecule has 0 bridgehead atoms. The summed E-state index contributed by atoms with van der Waals surface area (Å²) in [4.78, 5) is 24.7. The fourth-order valence-electron chi connectivity index (χ4n) is 2.80. The fourth-order valence-corrected chi connectivity index (χ4v) is 2.80. The molecule has 0 saturated heterocycles. The van der Waals surface area contributed by atoms with Gasteiger partial charge in [-0.15, -0.1) is 0 Å². The van der Waals surface area contributed by atoms with Crippen LogP contribution in [0.5, 0.6) is 17.2 Å². The monoisotopic (exact) mass is 326 g/mol. The maximum Gasteiger partial charge on any atom is 0.356 e. The van der Waals surface area contributed by atoms with Crippen LogP contribution >= 0.6 is 0 Å². The fraction of sp³-hybridized carbons (Fsp3) is 0.222. The third-order valence-electron chi connectivity index (χ3n) is 4.07. The molecule has 0 unspecified atom stereocenters. The van der Waals surface area contributed by atoms with Crippen molar-refractivity contribution in [2.45, 2.75) is 18.9 Å². The Hall–Kier alpha value is -3.02.